The first-order valence-corrected chi connectivity index (χ1v) is 7.73. The van der Waals surface area contributed by atoms with Gasteiger partial charge in [0.05, 0.1) is 18.3 Å². The Kier molecular flexibility index (Phi) is 3.96. The summed E-state index contributed by atoms with van der Waals surface area (Å²) in [6.45, 7) is 0.473. The Morgan fingerprint density at radius 3 is 3.10 bits per heavy atom. The summed E-state index contributed by atoms with van der Waals surface area (Å²) in [5, 5.41) is 10.00. The first-order valence-electron chi connectivity index (χ1n) is 6.93. The fourth-order valence-corrected chi connectivity index (χ4v) is 3.29. The van der Waals surface area contributed by atoms with Crippen molar-refractivity contribution in [1.82, 2.24) is 20.4 Å². The van der Waals surface area contributed by atoms with Crippen molar-refractivity contribution in [3.05, 3.63) is 51.8 Å². The van der Waals surface area contributed by atoms with E-state index < -0.39 is 0 Å². The van der Waals surface area contributed by atoms with E-state index in [0.717, 1.165) is 23.0 Å². The predicted molar refractivity (Wildman–Crippen MR) is 83.8 cm³/mol. The second kappa shape index (κ2) is 5.89. The van der Waals surface area contributed by atoms with E-state index in [4.69, 9.17) is 0 Å². The average molecular weight is 349 g/mol. The van der Waals surface area contributed by atoms with Crippen LogP contribution in [-0.4, -0.2) is 15.8 Å². The van der Waals surface area contributed by atoms with E-state index in [1.165, 1.54) is 11.1 Å². The van der Waals surface area contributed by atoms with Crippen LogP contribution in [0.5, 0.6) is 0 Å². The molecule has 1 aromatic heterocycles. The molecule has 6 heteroatoms. The number of rotatable bonds is 3. The molecule has 2 amide bonds. The number of carbonyl (C=O) groups excluding carboxylic acids is 1. The summed E-state index contributed by atoms with van der Waals surface area (Å²) in [6, 6.07) is 7.97. The van der Waals surface area contributed by atoms with Crippen molar-refractivity contribution in [2.45, 2.75) is 25.4 Å². The van der Waals surface area contributed by atoms with Crippen LogP contribution < -0.4 is 10.6 Å². The van der Waals surface area contributed by atoms with Crippen LogP contribution >= 0.6 is 15.9 Å². The zero-order valence-corrected chi connectivity index (χ0v) is 13.4. The third-order valence-corrected chi connectivity index (χ3v) is 4.61. The fourth-order valence-electron chi connectivity index (χ4n) is 2.71. The van der Waals surface area contributed by atoms with Gasteiger partial charge in [0, 0.05) is 17.7 Å². The maximum absolute atomic E-state index is 12.0. The standard InChI is InChI=1S/C15H17BrN4O/c1-20-10(7-8-18-20)9-17-15(21)19-14-6-5-11-12(14)3-2-4-13(11)16/h2-4,7-8,14H,5-6,9H2,1H3,(H2,17,19,21). The Labute approximate surface area is 131 Å². The molecule has 1 atom stereocenters. The highest BCUT2D eigenvalue weighted by Crippen LogP contribution is 2.35. The summed E-state index contributed by atoms with van der Waals surface area (Å²) < 4.78 is 2.88. The van der Waals surface area contributed by atoms with Crippen molar-refractivity contribution >= 4 is 22.0 Å². The Morgan fingerprint density at radius 2 is 2.33 bits per heavy atom. The molecule has 0 bridgehead atoms. The number of halogens is 1. The third-order valence-electron chi connectivity index (χ3n) is 3.87. The lowest BCUT2D eigenvalue weighted by atomic mass is 10.1. The lowest BCUT2D eigenvalue weighted by Crippen LogP contribution is -2.37. The Bertz CT molecular complexity index is 667. The van der Waals surface area contributed by atoms with Crippen LogP contribution in [0.15, 0.2) is 34.9 Å². The average Bonchev–Trinajstić information content (AvgIpc) is 3.05. The molecule has 1 unspecified atom stereocenters. The van der Waals surface area contributed by atoms with Gasteiger partial charge in [0.25, 0.3) is 0 Å². The van der Waals surface area contributed by atoms with E-state index in [1.807, 2.05) is 25.2 Å². The minimum absolute atomic E-state index is 0.0871. The van der Waals surface area contributed by atoms with Crippen LogP contribution in [0.3, 0.4) is 0 Å². The molecule has 2 aromatic rings. The lowest BCUT2D eigenvalue weighted by Gasteiger charge is -2.15. The fraction of sp³-hybridized carbons (Fsp3) is 0.333. The zero-order chi connectivity index (χ0) is 14.8. The van der Waals surface area contributed by atoms with Crippen LogP contribution in [0, 0.1) is 0 Å². The number of nitrogens with zero attached hydrogens (tertiary/aromatic N) is 2. The molecule has 2 N–H and O–H groups in total. The number of amides is 2. The second-order valence-electron chi connectivity index (χ2n) is 5.17. The SMILES string of the molecule is Cn1nccc1CNC(=O)NC1CCc2c(Br)cccc21. The van der Waals surface area contributed by atoms with Crippen LogP contribution in [0.4, 0.5) is 4.79 Å². The Morgan fingerprint density at radius 1 is 1.48 bits per heavy atom. The van der Waals surface area contributed by atoms with Crippen molar-refractivity contribution in [3.8, 4) is 0 Å². The Hall–Kier alpha value is -1.82. The van der Waals surface area contributed by atoms with Gasteiger partial charge in [-0.3, -0.25) is 4.68 Å². The summed E-state index contributed by atoms with van der Waals surface area (Å²) >= 11 is 3.57. The first kappa shape index (κ1) is 14.1. The molecule has 0 fully saturated rings. The molecule has 110 valence electrons. The number of fused-ring (bicyclic) bond motifs is 1. The normalized spacial score (nSPS) is 16.6. The monoisotopic (exact) mass is 348 g/mol. The molecule has 1 aromatic carbocycles. The van der Waals surface area contributed by atoms with E-state index in [0.29, 0.717) is 6.54 Å². The molecule has 1 heterocycles. The van der Waals surface area contributed by atoms with Crippen LogP contribution in [0.2, 0.25) is 0 Å². The molecular formula is C15H17BrN4O. The third kappa shape index (κ3) is 2.95. The van der Waals surface area contributed by atoms with Crippen molar-refractivity contribution in [2.24, 2.45) is 7.05 Å². The van der Waals surface area contributed by atoms with Gasteiger partial charge in [0.1, 0.15) is 0 Å². The van der Waals surface area contributed by atoms with Crippen molar-refractivity contribution in [3.63, 3.8) is 0 Å². The highest BCUT2D eigenvalue weighted by molar-refractivity contribution is 9.10. The van der Waals surface area contributed by atoms with Gasteiger partial charge < -0.3 is 10.6 Å². The van der Waals surface area contributed by atoms with Gasteiger partial charge in [0.15, 0.2) is 0 Å². The summed E-state index contributed by atoms with van der Waals surface area (Å²) in [5.74, 6) is 0. The van der Waals surface area contributed by atoms with Crippen LogP contribution in [-0.2, 0) is 20.0 Å². The van der Waals surface area contributed by atoms with Gasteiger partial charge in [-0.25, -0.2) is 4.79 Å². The van der Waals surface area contributed by atoms with E-state index in [1.54, 1.807) is 10.9 Å². The quantitative estimate of drug-likeness (QED) is 0.895. The van der Waals surface area contributed by atoms with Crippen LogP contribution in [0.25, 0.3) is 0 Å². The highest BCUT2D eigenvalue weighted by atomic mass is 79.9. The summed E-state index contributed by atoms with van der Waals surface area (Å²) in [4.78, 5) is 12.0. The van der Waals surface area contributed by atoms with Crippen LogP contribution in [0.1, 0.15) is 29.3 Å². The van der Waals surface area contributed by atoms with E-state index in [-0.39, 0.29) is 12.1 Å². The number of hydrogen-bond acceptors (Lipinski definition) is 2. The number of urea groups is 1. The zero-order valence-electron chi connectivity index (χ0n) is 11.8. The molecule has 21 heavy (non-hydrogen) atoms. The summed E-state index contributed by atoms with van der Waals surface area (Å²) in [5.41, 5.74) is 3.48. The predicted octanol–water partition coefficient (Wildman–Crippen LogP) is 2.67. The molecule has 0 saturated heterocycles. The van der Waals surface area contributed by atoms with Gasteiger partial charge >= 0.3 is 6.03 Å². The van der Waals surface area contributed by atoms with Gasteiger partial charge in [-0.2, -0.15) is 5.10 Å². The minimum atomic E-state index is -0.144. The van der Waals surface area contributed by atoms with E-state index in [9.17, 15) is 4.79 Å². The van der Waals surface area contributed by atoms with Crippen molar-refractivity contribution in [2.75, 3.05) is 0 Å². The van der Waals surface area contributed by atoms with Gasteiger partial charge in [-0.05, 0) is 36.1 Å². The number of hydrogen-bond donors (Lipinski definition) is 2. The van der Waals surface area contributed by atoms with Crippen molar-refractivity contribution in [1.29, 1.82) is 0 Å². The highest BCUT2D eigenvalue weighted by Gasteiger charge is 2.25. The molecule has 0 spiro atoms. The molecule has 5 nitrogen and oxygen atoms in total. The van der Waals surface area contributed by atoms with Gasteiger partial charge in [-0.15, -0.1) is 0 Å². The molecule has 1 aliphatic rings. The Balaban J connectivity index is 1.60. The number of benzene rings is 1. The van der Waals surface area contributed by atoms with E-state index >= 15 is 0 Å². The number of aromatic nitrogens is 2. The first-order chi connectivity index (χ1) is 10.1. The second-order valence-corrected chi connectivity index (χ2v) is 6.03. The topological polar surface area (TPSA) is 59.0 Å². The molecule has 0 saturated carbocycles. The number of carbonyl (C=O) groups is 1. The van der Waals surface area contributed by atoms with E-state index in [2.05, 4.69) is 37.7 Å². The molecular weight excluding hydrogens is 332 g/mol. The van der Waals surface area contributed by atoms with Crippen molar-refractivity contribution < 1.29 is 4.79 Å². The number of aryl methyl sites for hydroxylation is 1. The molecule has 1 aliphatic carbocycles. The summed E-state index contributed by atoms with van der Waals surface area (Å²) in [7, 11) is 1.86. The maximum Gasteiger partial charge on any atom is 0.315 e. The summed E-state index contributed by atoms with van der Waals surface area (Å²) in [6.07, 6.45) is 3.65. The molecule has 0 radical (unpaired) electrons. The number of nitrogens with one attached hydrogen (secondary N) is 2. The lowest BCUT2D eigenvalue weighted by molar-refractivity contribution is 0.236. The van der Waals surface area contributed by atoms with Gasteiger partial charge in [-0.1, -0.05) is 28.1 Å². The van der Waals surface area contributed by atoms with Gasteiger partial charge in [0.2, 0.25) is 0 Å². The minimum Gasteiger partial charge on any atom is -0.333 e. The largest absolute Gasteiger partial charge is 0.333 e. The maximum atomic E-state index is 12.0. The molecule has 0 aliphatic heterocycles. The smallest absolute Gasteiger partial charge is 0.315 e. The molecule has 3 rings (SSSR count).